The van der Waals surface area contributed by atoms with Crippen LogP contribution in [-0.2, 0) is 22.3 Å². The summed E-state index contributed by atoms with van der Waals surface area (Å²) in [6.45, 7) is 4.04. The first-order valence-electron chi connectivity index (χ1n) is 15.1. The summed E-state index contributed by atoms with van der Waals surface area (Å²) in [6.07, 6.45) is 8.01. The van der Waals surface area contributed by atoms with E-state index < -0.39 is 7.82 Å². The third-order valence-corrected chi connectivity index (χ3v) is 7.73. The number of ether oxygens (including phenoxy) is 2. The minimum absolute atomic E-state index is 0.0475. The first kappa shape index (κ1) is 35.8. The molecule has 1 aromatic heterocycles. The predicted molar refractivity (Wildman–Crippen MR) is 180 cm³/mol. The molecule has 47 heavy (non-hydrogen) atoms. The topological polar surface area (TPSA) is 132 Å². The lowest BCUT2D eigenvalue weighted by Gasteiger charge is -2.18. The summed E-state index contributed by atoms with van der Waals surface area (Å²) in [5.41, 5.74) is 5.35. The first-order chi connectivity index (χ1) is 22.6. The predicted octanol–water partition coefficient (Wildman–Crippen LogP) is 6.28. The Labute approximate surface area is 283 Å². The van der Waals surface area contributed by atoms with Crippen molar-refractivity contribution >= 4 is 23.8 Å². The molecule has 0 saturated carbocycles. The second-order valence-electron chi connectivity index (χ2n) is 10.7. The normalized spacial score (nSPS) is 12.3. The van der Waals surface area contributed by atoms with E-state index in [9.17, 15) is 0 Å². The third kappa shape index (κ3) is 11.9. The van der Waals surface area contributed by atoms with E-state index in [0.29, 0.717) is 25.3 Å². The van der Waals surface area contributed by atoms with Gasteiger partial charge in [-0.05, 0) is 60.4 Å². The Morgan fingerprint density at radius 2 is 1.53 bits per heavy atom. The number of rotatable bonds is 13. The average Bonchev–Trinajstić information content (AvgIpc) is 3.52. The zero-order valence-electron chi connectivity index (χ0n) is 25.9. The van der Waals surface area contributed by atoms with Crippen molar-refractivity contribution in [2.24, 2.45) is 0 Å². The van der Waals surface area contributed by atoms with Gasteiger partial charge in [-0.1, -0.05) is 89.6 Å². The van der Waals surface area contributed by atoms with Gasteiger partial charge in [0.15, 0.2) is 6.04 Å². The quantitative estimate of drug-likeness (QED) is 0.108. The zero-order chi connectivity index (χ0) is 33.6. The fraction of sp³-hybridized carbons (Fsp3) is 0.222. The van der Waals surface area contributed by atoms with Gasteiger partial charge in [0.05, 0.1) is 24.8 Å². The van der Waals surface area contributed by atoms with Crippen LogP contribution in [0.1, 0.15) is 53.3 Å². The molecule has 0 radical (unpaired) electrons. The molecule has 5 rings (SSSR count). The lowest BCUT2D eigenvalue weighted by atomic mass is 9.99. The Kier molecular flexibility index (Phi) is 13.5. The van der Waals surface area contributed by atoms with E-state index in [-0.39, 0.29) is 12.1 Å². The van der Waals surface area contributed by atoms with Gasteiger partial charge < -0.3 is 24.2 Å². The van der Waals surface area contributed by atoms with Crippen molar-refractivity contribution in [1.29, 1.82) is 5.26 Å². The minimum Gasteiger partial charge on any atom is -0.756 e. The van der Waals surface area contributed by atoms with Gasteiger partial charge in [-0.25, -0.2) is 9.13 Å². The van der Waals surface area contributed by atoms with E-state index in [4.69, 9.17) is 34.0 Å². The third-order valence-electron chi connectivity index (χ3n) is 7.21. The second kappa shape index (κ2) is 17.7. The monoisotopic (exact) mass is 717 g/mol. The summed E-state index contributed by atoms with van der Waals surface area (Å²) in [6, 6.07) is 37.3. The van der Waals surface area contributed by atoms with Crippen molar-refractivity contribution in [2.75, 3.05) is 13.2 Å². The number of aromatic nitrogens is 2. The number of halogens is 1. The van der Waals surface area contributed by atoms with Crippen LogP contribution in [0, 0.1) is 11.3 Å². The molecule has 1 heterocycles. The highest BCUT2D eigenvalue weighted by molar-refractivity contribution is 9.10. The summed E-state index contributed by atoms with van der Waals surface area (Å²) < 4.78 is 26.6. The van der Waals surface area contributed by atoms with Crippen LogP contribution in [0.5, 0.6) is 5.75 Å². The van der Waals surface area contributed by atoms with Crippen molar-refractivity contribution in [2.45, 2.75) is 38.5 Å². The molecule has 11 heteroatoms. The van der Waals surface area contributed by atoms with Gasteiger partial charge in [-0.3, -0.25) is 4.57 Å². The highest BCUT2D eigenvalue weighted by atomic mass is 79.9. The molecular formula is C36H37BrN3O6P. The lowest BCUT2D eigenvalue weighted by molar-refractivity contribution is -0.704. The molecule has 2 N–H and O–H groups in total. The van der Waals surface area contributed by atoms with Gasteiger partial charge in [-0.2, -0.15) is 5.26 Å². The Bertz CT molecular complexity index is 1740. The maximum absolute atomic E-state index is 9.10. The van der Waals surface area contributed by atoms with Crippen molar-refractivity contribution in [3.05, 3.63) is 154 Å². The number of nitriles is 1. The van der Waals surface area contributed by atoms with Crippen molar-refractivity contribution in [1.82, 2.24) is 4.57 Å². The molecule has 5 aromatic rings. The number of nitrogens with zero attached hydrogens (tertiary/aromatic N) is 3. The maximum atomic E-state index is 9.10. The van der Waals surface area contributed by atoms with Crippen molar-refractivity contribution in [3.8, 4) is 11.8 Å². The van der Waals surface area contributed by atoms with Gasteiger partial charge >= 0.3 is 0 Å². The van der Waals surface area contributed by atoms with E-state index >= 15 is 0 Å². The van der Waals surface area contributed by atoms with Gasteiger partial charge in [-0.15, -0.1) is 0 Å². The van der Waals surface area contributed by atoms with Crippen LogP contribution in [0.3, 0.4) is 0 Å². The largest absolute Gasteiger partial charge is 0.756 e. The summed E-state index contributed by atoms with van der Waals surface area (Å²) >= 11 is 3.57. The molecule has 0 spiro atoms. The van der Waals surface area contributed by atoms with Gasteiger partial charge in [0.25, 0.3) is 7.82 Å². The molecule has 244 valence electrons. The summed E-state index contributed by atoms with van der Waals surface area (Å²) in [5.74, 6) is 0.871. The molecule has 2 unspecified atom stereocenters. The molecule has 4 aromatic carbocycles. The van der Waals surface area contributed by atoms with Gasteiger partial charge in [0.1, 0.15) is 30.8 Å². The summed E-state index contributed by atoms with van der Waals surface area (Å²) in [7, 11) is -4.89. The molecule has 0 aliphatic rings. The van der Waals surface area contributed by atoms with E-state index in [2.05, 4.69) is 124 Å². The van der Waals surface area contributed by atoms with E-state index in [1.165, 1.54) is 11.1 Å². The highest BCUT2D eigenvalue weighted by Gasteiger charge is 2.23. The van der Waals surface area contributed by atoms with Crippen LogP contribution in [0.25, 0.3) is 0 Å². The molecule has 0 aliphatic heterocycles. The fourth-order valence-corrected chi connectivity index (χ4v) is 5.26. The fourth-order valence-electron chi connectivity index (χ4n) is 5.00. The number of phosphoric acid groups is 1. The van der Waals surface area contributed by atoms with Crippen LogP contribution in [-0.4, -0.2) is 27.6 Å². The zero-order valence-corrected chi connectivity index (χ0v) is 28.4. The minimum atomic E-state index is -4.89. The first-order valence-corrected chi connectivity index (χ1v) is 17.4. The molecule has 0 amide bonds. The van der Waals surface area contributed by atoms with Crippen LogP contribution in [0.2, 0.25) is 0 Å². The van der Waals surface area contributed by atoms with E-state index in [0.717, 1.165) is 34.2 Å². The Morgan fingerprint density at radius 1 is 0.915 bits per heavy atom. The Balaban J connectivity index is 0.000000930. The van der Waals surface area contributed by atoms with Crippen LogP contribution < -0.4 is 14.2 Å². The standard InChI is InChI=1S/C36H35BrN3O2.H3O4P/c1-2-23-41-34-18-14-30(15-19-34)35(42-24-20-28-8-10-29(25-38)11-9-28)26-39-21-22-40(27-39)36(31-6-4-3-5-7-31)32-12-16-33(37)17-13-32;1-5(2,3)4/h3-19,21-22,27,35-36H,2,20,23-24,26H2,1H3;(H3,1,2,3,4)/q+1;/p-1. The van der Waals surface area contributed by atoms with Gasteiger partial charge in [0, 0.05) is 15.6 Å². The molecule has 0 aliphatic carbocycles. The van der Waals surface area contributed by atoms with Crippen molar-refractivity contribution < 1.29 is 33.3 Å². The number of hydrogen-bond acceptors (Lipinski definition) is 5. The average molecular weight is 719 g/mol. The number of hydrogen-bond donors (Lipinski definition) is 2. The van der Waals surface area contributed by atoms with Crippen LogP contribution in [0.15, 0.2) is 126 Å². The Morgan fingerprint density at radius 3 is 2.15 bits per heavy atom. The maximum Gasteiger partial charge on any atom is 0.262 e. The van der Waals surface area contributed by atoms with Crippen molar-refractivity contribution in [3.63, 3.8) is 0 Å². The molecule has 0 bridgehead atoms. The molecule has 9 nitrogen and oxygen atoms in total. The van der Waals surface area contributed by atoms with E-state index in [1.807, 2.05) is 36.4 Å². The Hall–Kier alpha value is -4.07. The summed E-state index contributed by atoms with van der Waals surface area (Å²) in [5, 5.41) is 9.10. The van der Waals surface area contributed by atoms with Gasteiger partial charge in [0.2, 0.25) is 6.33 Å². The highest BCUT2D eigenvalue weighted by Crippen LogP contribution is 2.28. The molecule has 0 fully saturated rings. The smallest absolute Gasteiger partial charge is 0.262 e. The summed E-state index contributed by atoms with van der Waals surface area (Å²) in [4.78, 5) is 22.9. The number of imidazole rings is 1. The van der Waals surface area contributed by atoms with E-state index in [1.54, 1.807) is 0 Å². The molecule has 0 saturated heterocycles. The second-order valence-corrected chi connectivity index (χ2v) is 12.6. The molecular weight excluding hydrogens is 681 g/mol. The van der Waals surface area contributed by atoms with Crippen LogP contribution in [0.4, 0.5) is 0 Å². The van der Waals surface area contributed by atoms with Crippen LogP contribution >= 0.6 is 23.8 Å². The number of benzene rings is 4. The lowest BCUT2D eigenvalue weighted by Crippen LogP contribution is -2.36. The molecule has 2 atom stereocenters. The SMILES string of the molecule is CCCOc1ccc(C(C[n+]2ccn(C(c3ccccc3)c3ccc(Br)cc3)c2)OCCc2ccc(C#N)cc2)cc1.O=P([O-])(O)O.